The number of nitrogens with zero attached hydrogens (tertiary/aromatic N) is 5. The Morgan fingerprint density at radius 1 is 1.08 bits per heavy atom. The van der Waals surface area contributed by atoms with Crippen LogP contribution in [0.4, 0.5) is 11.5 Å². The average Bonchev–Trinajstić information content (AvgIpc) is 2.95. The molecule has 0 radical (unpaired) electrons. The van der Waals surface area contributed by atoms with Crippen LogP contribution < -0.4 is 15.5 Å². The largest absolute Gasteiger partial charge is 0.378 e. The summed E-state index contributed by atoms with van der Waals surface area (Å²) in [5, 5.41) is 7.11. The van der Waals surface area contributed by atoms with Gasteiger partial charge in [0.2, 0.25) is 0 Å². The molecule has 0 unspecified atom stereocenters. The van der Waals surface area contributed by atoms with Gasteiger partial charge in [-0.1, -0.05) is 25.1 Å². The van der Waals surface area contributed by atoms with Gasteiger partial charge in [-0.05, 0) is 24.6 Å². The van der Waals surface area contributed by atoms with E-state index < -0.39 is 0 Å². The van der Waals surface area contributed by atoms with Crippen LogP contribution in [0, 0.1) is 6.92 Å². The molecule has 2 N–H and O–H groups in total. The lowest BCUT2D eigenvalue weighted by Crippen LogP contribution is -2.38. The Morgan fingerprint density at radius 2 is 1.89 bits per heavy atom. The molecule has 1 aliphatic rings. The predicted molar refractivity (Wildman–Crippen MR) is 155 cm³/mol. The number of ether oxygens (including phenoxy) is 1. The summed E-state index contributed by atoms with van der Waals surface area (Å²) in [6.45, 7) is 7.49. The lowest BCUT2D eigenvalue weighted by Gasteiger charge is -2.30. The molecule has 1 atom stereocenters. The van der Waals surface area contributed by atoms with Gasteiger partial charge in [-0.25, -0.2) is 9.97 Å². The van der Waals surface area contributed by atoms with E-state index in [0.29, 0.717) is 25.3 Å². The van der Waals surface area contributed by atoms with Crippen LogP contribution in [0.5, 0.6) is 0 Å². The summed E-state index contributed by atoms with van der Waals surface area (Å²) in [5.41, 5.74) is 6.13. The van der Waals surface area contributed by atoms with Gasteiger partial charge >= 0.3 is 0 Å². The van der Waals surface area contributed by atoms with Crippen LogP contribution in [0.15, 0.2) is 55.1 Å². The molecule has 0 saturated carbocycles. The Morgan fingerprint density at radius 3 is 2.63 bits per heavy atom. The number of morpholine rings is 1. The Kier molecular flexibility index (Phi) is 8.75. The van der Waals surface area contributed by atoms with Crippen molar-refractivity contribution in [2.45, 2.75) is 19.8 Å². The van der Waals surface area contributed by atoms with E-state index in [1.807, 2.05) is 49.6 Å². The van der Waals surface area contributed by atoms with Gasteiger partial charge in [0.25, 0.3) is 5.91 Å². The van der Waals surface area contributed by atoms with Crippen LogP contribution in [0.2, 0.25) is 0 Å². The second kappa shape index (κ2) is 12.2. The quantitative estimate of drug-likeness (QED) is 0.370. The molecule has 9 nitrogen and oxygen atoms in total. The molecule has 38 heavy (non-hydrogen) atoms. The molecule has 3 aromatic heterocycles. The highest BCUT2D eigenvalue weighted by molar-refractivity contribution is 7.59. The first-order chi connectivity index (χ1) is 18.0. The predicted octanol–water partition coefficient (Wildman–Crippen LogP) is 3.92. The Labute approximate surface area is 229 Å². The molecule has 198 valence electrons. The molecule has 0 aliphatic carbocycles. The van der Waals surface area contributed by atoms with Crippen molar-refractivity contribution in [3.8, 4) is 11.3 Å². The highest BCUT2D eigenvalue weighted by Crippen LogP contribution is 2.32. The number of aromatic nitrogens is 4. The van der Waals surface area contributed by atoms with Crippen LogP contribution in [-0.2, 0) is 4.74 Å². The lowest BCUT2D eigenvalue weighted by atomic mass is 9.95. The number of para-hydroxylation sites is 1. The number of aryl methyl sites for hydroxylation is 1. The molecule has 5 rings (SSSR count). The van der Waals surface area contributed by atoms with Crippen LogP contribution in [0.3, 0.4) is 0 Å². The number of hydrogen-bond donors (Lipinski definition) is 2. The first-order valence-electron chi connectivity index (χ1n) is 12.5. The monoisotopic (exact) mass is 531 g/mol. The number of fused-ring (bicyclic) bond motifs is 1. The van der Waals surface area contributed by atoms with E-state index in [9.17, 15) is 4.79 Å². The average molecular weight is 532 g/mol. The first kappa shape index (κ1) is 27.3. The van der Waals surface area contributed by atoms with E-state index >= 15 is 0 Å². The van der Waals surface area contributed by atoms with E-state index in [1.165, 1.54) is 0 Å². The zero-order valence-electron chi connectivity index (χ0n) is 21.9. The number of amides is 1. The highest BCUT2D eigenvalue weighted by Gasteiger charge is 2.23. The first-order valence-corrected chi connectivity index (χ1v) is 12.5. The molecule has 1 amide bonds. The van der Waals surface area contributed by atoms with Crippen molar-refractivity contribution < 1.29 is 9.53 Å². The van der Waals surface area contributed by atoms with E-state index in [2.05, 4.69) is 43.5 Å². The normalized spacial score (nSPS) is 14.0. The third-order valence-electron chi connectivity index (χ3n) is 6.71. The summed E-state index contributed by atoms with van der Waals surface area (Å²) in [4.78, 5) is 33.2. The van der Waals surface area contributed by atoms with E-state index in [4.69, 9.17) is 9.72 Å². The molecular formula is C28H33N7O2S. The lowest BCUT2D eigenvalue weighted by molar-refractivity contribution is 0.0963. The smallest absolute Gasteiger partial charge is 0.253 e. The van der Waals surface area contributed by atoms with Crippen molar-refractivity contribution in [2.24, 2.45) is 0 Å². The summed E-state index contributed by atoms with van der Waals surface area (Å²) in [7, 11) is 1.66. The van der Waals surface area contributed by atoms with Crippen molar-refractivity contribution in [3.63, 3.8) is 0 Å². The van der Waals surface area contributed by atoms with E-state index in [-0.39, 0.29) is 25.3 Å². The Bertz CT molecular complexity index is 1410. The standard InChI is InChI=1S/C28H31N7O2.H2S/c1-18(14-31-25-13-23(33-17-34-25)20-8-7-19(2)30-15-20)21-5-4-6-22-26(28(36)29-3)24(16-32-27(21)22)35-9-11-37-12-10-35;/h4-8,13,15-18H,9-12,14H2,1-3H3,(H,29,36)(H,31,33,34);1H2/t18-;/m1./s1. The van der Waals surface area contributed by atoms with Crippen molar-refractivity contribution >= 4 is 41.8 Å². The summed E-state index contributed by atoms with van der Waals surface area (Å²) >= 11 is 0. The molecule has 1 aromatic carbocycles. The maximum Gasteiger partial charge on any atom is 0.253 e. The number of rotatable bonds is 7. The van der Waals surface area contributed by atoms with E-state index in [0.717, 1.165) is 58.0 Å². The summed E-state index contributed by atoms with van der Waals surface area (Å²) in [6, 6.07) is 12.0. The highest BCUT2D eigenvalue weighted by atomic mass is 32.1. The summed E-state index contributed by atoms with van der Waals surface area (Å²) in [6.07, 6.45) is 5.21. The number of carbonyl (C=O) groups excluding carboxylic acids is 1. The third kappa shape index (κ3) is 5.71. The Hall–Kier alpha value is -3.76. The maximum absolute atomic E-state index is 13.0. The van der Waals surface area contributed by atoms with Gasteiger partial charge in [0, 0.05) is 61.5 Å². The topological polar surface area (TPSA) is 105 Å². The molecule has 1 aliphatic heterocycles. The summed E-state index contributed by atoms with van der Waals surface area (Å²) in [5.74, 6) is 0.740. The number of pyridine rings is 2. The fraction of sp³-hybridized carbons (Fsp3) is 0.321. The fourth-order valence-corrected chi connectivity index (χ4v) is 4.64. The second-order valence-corrected chi connectivity index (χ2v) is 9.20. The van der Waals surface area contributed by atoms with Gasteiger partial charge in [-0.15, -0.1) is 0 Å². The molecule has 1 fully saturated rings. The molecule has 1 saturated heterocycles. The third-order valence-corrected chi connectivity index (χ3v) is 6.71. The number of carbonyl (C=O) groups is 1. The Balaban J connectivity index is 0.00000336. The van der Waals surface area contributed by atoms with Crippen LogP contribution in [0.1, 0.15) is 34.5 Å². The molecule has 4 heterocycles. The van der Waals surface area contributed by atoms with Crippen molar-refractivity contribution in [2.75, 3.05) is 50.1 Å². The van der Waals surface area contributed by atoms with Crippen molar-refractivity contribution in [3.05, 3.63) is 71.9 Å². The molecule has 4 aromatic rings. The van der Waals surface area contributed by atoms with Crippen molar-refractivity contribution in [1.82, 2.24) is 25.3 Å². The van der Waals surface area contributed by atoms with Gasteiger partial charge in [0.1, 0.15) is 12.1 Å². The van der Waals surface area contributed by atoms with Gasteiger partial charge < -0.3 is 20.3 Å². The SMILES string of the molecule is CNC(=O)c1c(N2CCOCC2)cnc2c([C@H](C)CNc3cc(-c4ccc(C)nc4)ncn3)cccc12.S. The molecular weight excluding hydrogens is 498 g/mol. The van der Waals surface area contributed by atoms with Gasteiger partial charge in [0.05, 0.1) is 41.9 Å². The fourth-order valence-electron chi connectivity index (χ4n) is 4.64. The summed E-state index contributed by atoms with van der Waals surface area (Å²) < 4.78 is 5.50. The number of nitrogens with one attached hydrogen (secondary N) is 2. The van der Waals surface area contributed by atoms with Gasteiger partial charge in [-0.2, -0.15) is 13.5 Å². The van der Waals surface area contributed by atoms with Gasteiger partial charge in [0.15, 0.2) is 0 Å². The van der Waals surface area contributed by atoms with E-state index in [1.54, 1.807) is 13.4 Å². The van der Waals surface area contributed by atoms with Gasteiger partial charge in [-0.3, -0.25) is 14.8 Å². The molecule has 10 heteroatoms. The van der Waals surface area contributed by atoms with Crippen LogP contribution >= 0.6 is 13.5 Å². The van der Waals surface area contributed by atoms with Crippen molar-refractivity contribution in [1.29, 1.82) is 0 Å². The molecule has 0 spiro atoms. The number of anilines is 2. The van der Waals surface area contributed by atoms with Crippen LogP contribution in [0.25, 0.3) is 22.2 Å². The number of hydrogen-bond acceptors (Lipinski definition) is 8. The zero-order chi connectivity index (χ0) is 25.8. The maximum atomic E-state index is 13.0. The van der Waals surface area contributed by atoms with Crippen LogP contribution in [-0.4, -0.2) is 65.7 Å². The molecule has 0 bridgehead atoms. The minimum Gasteiger partial charge on any atom is -0.378 e. The minimum absolute atomic E-state index is 0. The second-order valence-electron chi connectivity index (χ2n) is 9.20. The minimum atomic E-state index is -0.115. The number of benzene rings is 1. The zero-order valence-corrected chi connectivity index (χ0v) is 22.9.